The van der Waals surface area contributed by atoms with Crippen LogP contribution in [-0.4, -0.2) is 36.2 Å². The molecule has 0 radical (unpaired) electrons. The number of halogens is 2. The minimum Gasteiger partial charge on any atom is -0.480 e. The predicted octanol–water partition coefficient (Wildman–Crippen LogP) is 2.53. The third-order valence-corrected chi connectivity index (χ3v) is 3.11. The number of carboxylic acids is 1. The number of hydrogen-bond acceptors (Lipinski definition) is 3. The lowest BCUT2D eigenvalue weighted by atomic mass is 10.1. The van der Waals surface area contributed by atoms with E-state index in [0.717, 1.165) is 0 Å². The summed E-state index contributed by atoms with van der Waals surface area (Å²) in [6, 6.07) is 3.77. The lowest BCUT2D eigenvalue weighted by Gasteiger charge is -2.15. The van der Waals surface area contributed by atoms with Crippen LogP contribution in [0, 0.1) is 0 Å². The van der Waals surface area contributed by atoms with Crippen LogP contribution in [0.1, 0.15) is 18.9 Å². The van der Waals surface area contributed by atoms with Crippen LogP contribution in [-0.2, 0) is 20.7 Å². The molecule has 1 aromatic carbocycles. The molecule has 1 amide bonds. The summed E-state index contributed by atoms with van der Waals surface area (Å²) < 4.78 is 5.05. The number of amides is 1. The van der Waals surface area contributed by atoms with E-state index in [-0.39, 0.29) is 25.4 Å². The minimum absolute atomic E-state index is 0.107. The first-order valence-corrected chi connectivity index (χ1v) is 7.22. The third-order valence-electron chi connectivity index (χ3n) is 2.67. The van der Waals surface area contributed by atoms with E-state index in [0.29, 0.717) is 22.2 Å². The van der Waals surface area contributed by atoms with Gasteiger partial charge in [0.2, 0.25) is 5.91 Å². The average Bonchev–Trinajstić information content (AvgIpc) is 2.37. The Balaban J connectivity index is 2.65. The topological polar surface area (TPSA) is 75.6 Å². The molecule has 116 valence electrons. The van der Waals surface area contributed by atoms with E-state index >= 15 is 0 Å². The van der Waals surface area contributed by atoms with Gasteiger partial charge in [-0.25, -0.2) is 4.79 Å². The number of hydrogen-bond donors (Lipinski definition) is 2. The van der Waals surface area contributed by atoms with E-state index in [4.69, 9.17) is 27.9 Å². The highest BCUT2D eigenvalue weighted by Gasteiger charge is 2.20. The summed E-state index contributed by atoms with van der Waals surface area (Å²) in [6.07, 6.45) is 0.226. The van der Waals surface area contributed by atoms with Crippen molar-refractivity contribution in [2.24, 2.45) is 0 Å². The van der Waals surface area contributed by atoms with Crippen LogP contribution in [0.25, 0.3) is 0 Å². The van der Waals surface area contributed by atoms with Crippen LogP contribution in [0.5, 0.6) is 0 Å². The standard InChI is InChI=1S/C14H17Cl2NO4/c1-2-21-4-3-13(18)17-12(14(19)20)7-9-5-10(15)8-11(16)6-9/h5-6,8,12H,2-4,7H2,1H3,(H,17,18)(H,19,20). The number of carbonyl (C=O) groups is 2. The van der Waals surface area contributed by atoms with Crippen molar-refractivity contribution >= 4 is 35.1 Å². The number of ether oxygens (including phenoxy) is 1. The molecule has 0 aliphatic heterocycles. The second-order valence-electron chi connectivity index (χ2n) is 4.39. The van der Waals surface area contributed by atoms with Gasteiger partial charge >= 0.3 is 5.97 Å². The molecular weight excluding hydrogens is 317 g/mol. The monoisotopic (exact) mass is 333 g/mol. The summed E-state index contributed by atoms with van der Waals surface area (Å²) in [5.41, 5.74) is 0.644. The lowest BCUT2D eigenvalue weighted by Crippen LogP contribution is -2.42. The van der Waals surface area contributed by atoms with Crippen molar-refractivity contribution in [2.45, 2.75) is 25.8 Å². The van der Waals surface area contributed by atoms with Gasteiger partial charge in [-0.3, -0.25) is 4.79 Å². The van der Waals surface area contributed by atoms with Crippen LogP contribution in [0.2, 0.25) is 10.0 Å². The summed E-state index contributed by atoms with van der Waals surface area (Å²) >= 11 is 11.7. The van der Waals surface area contributed by atoms with Crippen molar-refractivity contribution in [2.75, 3.05) is 13.2 Å². The zero-order valence-electron chi connectivity index (χ0n) is 11.6. The zero-order chi connectivity index (χ0) is 15.8. The van der Waals surface area contributed by atoms with Crippen LogP contribution in [0.4, 0.5) is 0 Å². The van der Waals surface area contributed by atoms with Crippen molar-refractivity contribution in [1.29, 1.82) is 0 Å². The second kappa shape index (κ2) is 8.87. The molecule has 0 spiro atoms. The number of carbonyl (C=O) groups excluding carboxylic acids is 1. The summed E-state index contributed by atoms with van der Waals surface area (Å²) in [6.45, 7) is 2.59. The maximum absolute atomic E-state index is 11.7. The molecule has 0 fully saturated rings. The van der Waals surface area contributed by atoms with Gasteiger partial charge in [0.25, 0.3) is 0 Å². The molecule has 1 rings (SSSR count). The molecule has 7 heteroatoms. The van der Waals surface area contributed by atoms with E-state index in [1.54, 1.807) is 18.2 Å². The molecule has 0 aromatic heterocycles. The Bertz CT molecular complexity index is 487. The van der Waals surface area contributed by atoms with Crippen molar-refractivity contribution in [3.8, 4) is 0 Å². The molecule has 1 atom stereocenters. The lowest BCUT2D eigenvalue weighted by molar-refractivity contribution is -0.141. The highest BCUT2D eigenvalue weighted by molar-refractivity contribution is 6.34. The molecular formula is C14H17Cl2NO4. The van der Waals surface area contributed by atoms with E-state index in [2.05, 4.69) is 5.32 Å². The normalized spacial score (nSPS) is 12.0. The van der Waals surface area contributed by atoms with Gasteiger partial charge in [0, 0.05) is 29.5 Å². The summed E-state index contributed by atoms with van der Waals surface area (Å²) in [4.78, 5) is 22.9. The van der Waals surface area contributed by atoms with E-state index in [1.165, 1.54) is 0 Å². The first-order valence-electron chi connectivity index (χ1n) is 6.47. The average molecular weight is 334 g/mol. The highest BCUT2D eigenvalue weighted by atomic mass is 35.5. The zero-order valence-corrected chi connectivity index (χ0v) is 13.1. The Hall–Kier alpha value is -1.30. The molecule has 0 aliphatic rings. The molecule has 1 aromatic rings. The second-order valence-corrected chi connectivity index (χ2v) is 5.26. The fraction of sp³-hybridized carbons (Fsp3) is 0.429. The molecule has 0 saturated carbocycles. The van der Waals surface area contributed by atoms with Gasteiger partial charge in [-0.2, -0.15) is 0 Å². The molecule has 5 nitrogen and oxygen atoms in total. The summed E-state index contributed by atoms with van der Waals surface area (Å²) in [7, 11) is 0. The molecule has 21 heavy (non-hydrogen) atoms. The van der Waals surface area contributed by atoms with Gasteiger partial charge in [-0.05, 0) is 30.7 Å². The minimum atomic E-state index is -1.11. The van der Waals surface area contributed by atoms with Crippen LogP contribution < -0.4 is 5.32 Å². The highest BCUT2D eigenvalue weighted by Crippen LogP contribution is 2.20. The Morgan fingerprint density at radius 3 is 2.43 bits per heavy atom. The van der Waals surface area contributed by atoms with Crippen molar-refractivity contribution in [3.05, 3.63) is 33.8 Å². The Labute approximate surface area is 133 Å². The maximum Gasteiger partial charge on any atom is 0.326 e. The van der Waals surface area contributed by atoms with Crippen molar-refractivity contribution in [3.63, 3.8) is 0 Å². The SMILES string of the molecule is CCOCCC(=O)NC(Cc1cc(Cl)cc(Cl)c1)C(=O)O. The summed E-state index contributed by atoms with van der Waals surface area (Å²) in [5.74, 6) is -1.49. The molecule has 0 heterocycles. The van der Waals surface area contributed by atoms with Crippen LogP contribution in [0.3, 0.4) is 0 Å². The number of benzene rings is 1. The van der Waals surface area contributed by atoms with Gasteiger partial charge in [-0.15, -0.1) is 0 Å². The Morgan fingerprint density at radius 2 is 1.90 bits per heavy atom. The number of aliphatic carboxylic acids is 1. The van der Waals surface area contributed by atoms with Gasteiger partial charge in [0.15, 0.2) is 0 Å². The number of rotatable bonds is 8. The van der Waals surface area contributed by atoms with Gasteiger partial charge in [0.05, 0.1) is 6.61 Å². The maximum atomic E-state index is 11.7. The molecule has 0 saturated heterocycles. The fourth-order valence-corrected chi connectivity index (χ4v) is 2.31. The molecule has 0 bridgehead atoms. The number of nitrogens with one attached hydrogen (secondary N) is 1. The largest absolute Gasteiger partial charge is 0.480 e. The van der Waals surface area contributed by atoms with Gasteiger partial charge in [0.1, 0.15) is 6.04 Å². The van der Waals surface area contributed by atoms with Crippen molar-refractivity contribution < 1.29 is 19.4 Å². The van der Waals surface area contributed by atoms with Crippen molar-refractivity contribution in [1.82, 2.24) is 5.32 Å². The smallest absolute Gasteiger partial charge is 0.326 e. The van der Waals surface area contributed by atoms with E-state index in [1.807, 2.05) is 6.92 Å². The fourth-order valence-electron chi connectivity index (χ4n) is 1.74. The Kier molecular flexibility index (Phi) is 7.50. The Morgan fingerprint density at radius 1 is 1.29 bits per heavy atom. The first kappa shape index (κ1) is 17.8. The quantitative estimate of drug-likeness (QED) is 0.717. The summed E-state index contributed by atoms with van der Waals surface area (Å²) in [5, 5.41) is 12.5. The molecule has 0 aliphatic carbocycles. The van der Waals surface area contributed by atoms with Gasteiger partial charge < -0.3 is 15.2 Å². The number of carboxylic acid groups (broad SMARTS) is 1. The van der Waals surface area contributed by atoms with E-state index in [9.17, 15) is 14.7 Å². The molecule has 1 unspecified atom stereocenters. The first-order chi connectivity index (χ1) is 9.92. The van der Waals surface area contributed by atoms with E-state index < -0.39 is 12.0 Å². The molecule has 2 N–H and O–H groups in total. The predicted molar refractivity (Wildman–Crippen MR) is 80.8 cm³/mol. The third kappa shape index (κ3) is 6.80. The van der Waals surface area contributed by atoms with Crippen LogP contribution >= 0.6 is 23.2 Å². The van der Waals surface area contributed by atoms with Gasteiger partial charge in [-0.1, -0.05) is 23.2 Å². The van der Waals surface area contributed by atoms with Crippen LogP contribution in [0.15, 0.2) is 18.2 Å².